The third kappa shape index (κ3) is 3.37. The molecule has 2 fully saturated rings. The maximum Gasteiger partial charge on any atom is 0.313 e. The third-order valence-electron chi connectivity index (χ3n) is 5.15. The predicted octanol–water partition coefficient (Wildman–Crippen LogP) is 1.59. The molecular formula is C16H25NO4. The van der Waals surface area contributed by atoms with E-state index in [9.17, 15) is 9.59 Å². The molecule has 1 heterocycles. The maximum absolute atomic E-state index is 11.9. The lowest BCUT2D eigenvalue weighted by molar-refractivity contribution is -0.146. The monoisotopic (exact) mass is 295 g/mol. The topological polar surface area (TPSA) is 55.8 Å². The molecule has 118 valence electrons. The van der Waals surface area contributed by atoms with Crippen molar-refractivity contribution in [1.82, 2.24) is 4.90 Å². The van der Waals surface area contributed by atoms with Gasteiger partial charge in [-0.25, -0.2) is 4.79 Å². The van der Waals surface area contributed by atoms with Gasteiger partial charge in [0.05, 0.1) is 19.1 Å². The molecule has 0 radical (unpaired) electrons. The number of esters is 1. The Morgan fingerprint density at radius 3 is 2.52 bits per heavy atom. The number of rotatable bonds is 3. The molecule has 0 spiro atoms. The van der Waals surface area contributed by atoms with Crippen LogP contribution in [-0.2, 0) is 19.1 Å². The van der Waals surface area contributed by atoms with E-state index in [1.54, 1.807) is 7.11 Å². The summed E-state index contributed by atoms with van der Waals surface area (Å²) in [4.78, 5) is 25.4. The zero-order valence-corrected chi connectivity index (χ0v) is 13.2. The fourth-order valence-electron chi connectivity index (χ4n) is 3.65. The molecule has 2 unspecified atom stereocenters. The Labute approximate surface area is 126 Å². The average molecular weight is 295 g/mol. The largest absolute Gasteiger partial charge is 0.469 e. The number of carbonyl (C=O) groups excluding carboxylic acids is 2. The summed E-state index contributed by atoms with van der Waals surface area (Å²) in [6.45, 7) is 4.14. The van der Waals surface area contributed by atoms with Crippen molar-refractivity contribution in [3.63, 3.8) is 0 Å². The van der Waals surface area contributed by atoms with Gasteiger partial charge in [0.25, 0.3) is 0 Å². The lowest BCUT2D eigenvalue weighted by Crippen LogP contribution is -2.54. The molecule has 1 aliphatic heterocycles. The SMILES string of the molecule is COC(=O)C1CC(C)(N2CCC(OC)CC2)CCC1=C=O. The number of hydrogen-bond acceptors (Lipinski definition) is 5. The van der Waals surface area contributed by atoms with Crippen molar-refractivity contribution >= 4 is 11.9 Å². The number of carbonyl (C=O) groups is 1. The van der Waals surface area contributed by atoms with Crippen LogP contribution in [0.15, 0.2) is 5.57 Å². The minimum absolute atomic E-state index is 0.0576. The van der Waals surface area contributed by atoms with Crippen LogP contribution in [0.2, 0.25) is 0 Å². The van der Waals surface area contributed by atoms with Gasteiger partial charge >= 0.3 is 5.97 Å². The van der Waals surface area contributed by atoms with Gasteiger partial charge in [-0.05, 0) is 39.0 Å². The summed E-state index contributed by atoms with van der Waals surface area (Å²) >= 11 is 0. The molecule has 21 heavy (non-hydrogen) atoms. The summed E-state index contributed by atoms with van der Waals surface area (Å²) in [5.74, 6) is 1.20. The second-order valence-corrected chi connectivity index (χ2v) is 6.33. The molecule has 5 nitrogen and oxygen atoms in total. The standard InChI is InChI=1S/C16H25NO4/c1-16(17-8-5-13(20-2)6-9-17)7-4-12(11-18)14(10-16)15(19)21-3/h13-14H,4-10H2,1-3H3. The van der Waals surface area contributed by atoms with Crippen LogP contribution in [0.25, 0.3) is 0 Å². The van der Waals surface area contributed by atoms with Gasteiger partial charge in [-0.15, -0.1) is 0 Å². The minimum atomic E-state index is -0.439. The third-order valence-corrected chi connectivity index (χ3v) is 5.15. The molecule has 2 atom stereocenters. The van der Waals surface area contributed by atoms with Gasteiger partial charge in [-0.2, -0.15) is 0 Å². The van der Waals surface area contributed by atoms with Crippen LogP contribution in [0.4, 0.5) is 0 Å². The van der Waals surface area contributed by atoms with E-state index in [1.165, 1.54) is 7.11 Å². The minimum Gasteiger partial charge on any atom is -0.469 e. The van der Waals surface area contributed by atoms with Crippen LogP contribution < -0.4 is 0 Å². The van der Waals surface area contributed by atoms with Crippen molar-refractivity contribution in [2.75, 3.05) is 27.3 Å². The van der Waals surface area contributed by atoms with Crippen molar-refractivity contribution in [1.29, 1.82) is 0 Å². The highest BCUT2D eigenvalue weighted by Crippen LogP contribution is 2.40. The maximum atomic E-state index is 11.9. The first-order chi connectivity index (χ1) is 10.0. The molecule has 1 aliphatic carbocycles. The van der Waals surface area contributed by atoms with Crippen LogP contribution in [-0.4, -0.2) is 55.8 Å². The van der Waals surface area contributed by atoms with Gasteiger partial charge in [0.15, 0.2) is 0 Å². The van der Waals surface area contributed by atoms with Crippen molar-refractivity contribution < 1.29 is 19.1 Å². The Morgan fingerprint density at radius 2 is 2.00 bits per heavy atom. The highest BCUT2D eigenvalue weighted by molar-refractivity contribution is 5.79. The van der Waals surface area contributed by atoms with E-state index in [2.05, 4.69) is 11.8 Å². The van der Waals surface area contributed by atoms with E-state index in [4.69, 9.17) is 9.47 Å². The Bertz CT molecular complexity index is 436. The molecule has 5 heteroatoms. The van der Waals surface area contributed by atoms with Crippen LogP contribution in [0.3, 0.4) is 0 Å². The molecule has 1 saturated heterocycles. The first kappa shape index (κ1) is 16.2. The first-order valence-corrected chi connectivity index (χ1v) is 7.63. The molecule has 0 bridgehead atoms. The van der Waals surface area contributed by atoms with Crippen LogP contribution >= 0.6 is 0 Å². The molecule has 0 N–H and O–H groups in total. The predicted molar refractivity (Wildman–Crippen MR) is 78.6 cm³/mol. The zero-order valence-electron chi connectivity index (χ0n) is 13.2. The smallest absolute Gasteiger partial charge is 0.313 e. The first-order valence-electron chi connectivity index (χ1n) is 7.63. The lowest BCUT2D eigenvalue weighted by Gasteiger charge is -2.48. The highest BCUT2D eigenvalue weighted by Gasteiger charge is 2.43. The van der Waals surface area contributed by atoms with Crippen LogP contribution in [0.1, 0.15) is 39.0 Å². The van der Waals surface area contributed by atoms with E-state index in [0.717, 1.165) is 32.4 Å². The zero-order chi connectivity index (χ0) is 15.5. The summed E-state index contributed by atoms with van der Waals surface area (Å²) in [6.07, 6.45) is 4.54. The van der Waals surface area contributed by atoms with E-state index in [-0.39, 0.29) is 11.5 Å². The van der Waals surface area contributed by atoms with E-state index in [1.807, 2.05) is 5.94 Å². The summed E-state index contributed by atoms with van der Waals surface area (Å²) < 4.78 is 10.3. The second kappa shape index (κ2) is 6.73. The van der Waals surface area contributed by atoms with Crippen LogP contribution in [0, 0.1) is 5.92 Å². The summed E-state index contributed by atoms with van der Waals surface area (Å²) in [7, 11) is 3.14. The van der Waals surface area contributed by atoms with Gasteiger partial charge in [0.1, 0.15) is 5.94 Å². The number of likely N-dealkylation sites (tertiary alicyclic amines) is 1. The molecule has 0 aromatic heterocycles. The van der Waals surface area contributed by atoms with Crippen molar-refractivity contribution in [3.8, 4) is 0 Å². The van der Waals surface area contributed by atoms with E-state index < -0.39 is 5.92 Å². The quantitative estimate of drug-likeness (QED) is 0.584. The summed E-state index contributed by atoms with van der Waals surface area (Å²) in [5.41, 5.74) is 0.504. The second-order valence-electron chi connectivity index (χ2n) is 6.33. The van der Waals surface area contributed by atoms with Gasteiger partial charge in [0, 0.05) is 31.3 Å². The number of piperidine rings is 1. The van der Waals surface area contributed by atoms with Gasteiger partial charge in [0.2, 0.25) is 0 Å². The summed E-state index contributed by atoms with van der Waals surface area (Å²) in [5, 5.41) is 0. The molecule has 1 saturated carbocycles. The number of nitrogens with zero attached hydrogens (tertiary/aromatic N) is 1. The highest BCUT2D eigenvalue weighted by atomic mass is 16.5. The molecule has 2 rings (SSSR count). The molecular weight excluding hydrogens is 270 g/mol. The average Bonchev–Trinajstić information content (AvgIpc) is 2.54. The van der Waals surface area contributed by atoms with Gasteiger partial charge in [-0.3, -0.25) is 9.69 Å². The molecule has 0 aromatic rings. The fraction of sp³-hybridized carbons (Fsp3) is 0.812. The Kier molecular flexibility index (Phi) is 5.20. The molecule has 0 amide bonds. The molecule has 0 aromatic carbocycles. The fourth-order valence-corrected chi connectivity index (χ4v) is 3.65. The molecule has 2 aliphatic rings. The Hall–Kier alpha value is -1.16. The number of ether oxygens (including phenoxy) is 2. The van der Waals surface area contributed by atoms with Crippen molar-refractivity contribution in [2.45, 2.75) is 50.7 Å². The Balaban J connectivity index is 2.09. The lowest BCUT2D eigenvalue weighted by atomic mass is 9.73. The number of methoxy groups -OCH3 is 2. The van der Waals surface area contributed by atoms with Crippen LogP contribution in [0.5, 0.6) is 0 Å². The summed E-state index contributed by atoms with van der Waals surface area (Å²) in [6, 6.07) is 0. The van der Waals surface area contributed by atoms with E-state index in [0.29, 0.717) is 24.5 Å². The van der Waals surface area contributed by atoms with Gasteiger partial charge < -0.3 is 9.47 Å². The van der Waals surface area contributed by atoms with Crippen molar-refractivity contribution in [3.05, 3.63) is 5.57 Å². The normalized spacial score (nSPS) is 31.8. The Morgan fingerprint density at radius 1 is 1.33 bits per heavy atom. The van der Waals surface area contributed by atoms with Gasteiger partial charge in [-0.1, -0.05) is 0 Å². The van der Waals surface area contributed by atoms with E-state index >= 15 is 0 Å². The number of hydrogen-bond donors (Lipinski definition) is 0. The van der Waals surface area contributed by atoms with Crippen molar-refractivity contribution in [2.24, 2.45) is 5.92 Å².